The van der Waals surface area contributed by atoms with Crippen molar-refractivity contribution in [2.24, 2.45) is 0 Å². The predicted molar refractivity (Wildman–Crippen MR) is 87.6 cm³/mol. The molecule has 0 spiro atoms. The van der Waals surface area contributed by atoms with Gasteiger partial charge in [-0.25, -0.2) is 4.39 Å². The SMILES string of the molecule is COc1c(Br)cc(Cl)cc1C(Br)c1ccc(F)c(C)c1. The molecule has 20 heavy (non-hydrogen) atoms. The number of ether oxygens (including phenoxy) is 1. The Labute approximate surface area is 139 Å². The predicted octanol–water partition coefficient (Wildman–Crippen LogP) is 6.04. The summed E-state index contributed by atoms with van der Waals surface area (Å²) in [6.45, 7) is 1.74. The summed E-state index contributed by atoms with van der Waals surface area (Å²) in [6, 6.07) is 8.63. The summed E-state index contributed by atoms with van der Waals surface area (Å²) in [5, 5.41) is 0.607. The number of halogens is 4. The zero-order chi connectivity index (χ0) is 14.9. The van der Waals surface area contributed by atoms with Gasteiger partial charge in [-0.3, -0.25) is 0 Å². The van der Waals surface area contributed by atoms with Crippen LogP contribution in [0.5, 0.6) is 5.75 Å². The van der Waals surface area contributed by atoms with Crippen LogP contribution in [0.2, 0.25) is 5.02 Å². The minimum atomic E-state index is -0.215. The lowest BCUT2D eigenvalue weighted by molar-refractivity contribution is 0.408. The average molecular weight is 423 g/mol. The number of alkyl halides is 1. The molecule has 1 atom stereocenters. The number of rotatable bonds is 3. The van der Waals surface area contributed by atoms with Gasteiger partial charge in [-0.1, -0.05) is 39.7 Å². The highest BCUT2D eigenvalue weighted by atomic mass is 79.9. The van der Waals surface area contributed by atoms with Crippen molar-refractivity contribution in [1.29, 1.82) is 0 Å². The molecule has 0 fully saturated rings. The van der Waals surface area contributed by atoms with Gasteiger partial charge < -0.3 is 4.74 Å². The molecule has 0 radical (unpaired) electrons. The lowest BCUT2D eigenvalue weighted by Gasteiger charge is -2.17. The fourth-order valence-electron chi connectivity index (χ4n) is 1.99. The average Bonchev–Trinajstić information content (AvgIpc) is 2.40. The second-order valence-corrected chi connectivity index (χ2v) is 6.59. The van der Waals surface area contributed by atoms with Crippen LogP contribution in [0.15, 0.2) is 34.8 Å². The summed E-state index contributed by atoms with van der Waals surface area (Å²) >= 11 is 13.2. The Hall–Kier alpha value is -0.580. The van der Waals surface area contributed by atoms with Crippen LogP contribution in [0, 0.1) is 12.7 Å². The highest BCUT2D eigenvalue weighted by Gasteiger charge is 2.19. The maximum Gasteiger partial charge on any atom is 0.137 e. The van der Waals surface area contributed by atoms with E-state index in [-0.39, 0.29) is 10.6 Å². The Morgan fingerprint density at radius 3 is 2.55 bits per heavy atom. The van der Waals surface area contributed by atoms with Crippen LogP contribution < -0.4 is 4.74 Å². The van der Waals surface area contributed by atoms with Gasteiger partial charge >= 0.3 is 0 Å². The summed E-state index contributed by atoms with van der Waals surface area (Å²) < 4.78 is 19.6. The molecule has 0 aliphatic heterocycles. The molecule has 1 unspecified atom stereocenters. The normalized spacial score (nSPS) is 12.3. The Morgan fingerprint density at radius 2 is 1.95 bits per heavy atom. The van der Waals surface area contributed by atoms with Crippen molar-refractivity contribution in [2.75, 3.05) is 7.11 Å². The van der Waals surface area contributed by atoms with E-state index in [4.69, 9.17) is 16.3 Å². The van der Waals surface area contributed by atoms with Crippen molar-refractivity contribution in [3.05, 3.63) is 62.3 Å². The van der Waals surface area contributed by atoms with Gasteiger partial charge in [-0.15, -0.1) is 0 Å². The minimum absolute atomic E-state index is 0.133. The van der Waals surface area contributed by atoms with Gasteiger partial charge in [0.25, 0.3) is 0 Å². The maximum atomic E-state index is 13.4. The highest BCUT2D eigenvalue weighted by Crippen LogP contribution is 2.42. The molecule has 0 saturated carbocycles. The van der Waals surface area contributed by atoms with Gasteiger partial charge in [0.05, 0.1) is 16.4 Å². The van der Waals surface area contributed by atoms with Gasteiger partial charge in [-0.05, 0) is 52.2 Å². The molecular weight excluding hydrogens is 410 g/mol. The van der Waals surface area contributed by atoms with E-state index in [1.54, 1.807) is 26.2 Å². The highest BCUT2D eigenvalue weighted by molar-refractivity contribution is 9.10. The van der Waals surface area contributed by atoms with Crippen LogP contribution in [0.4, 0.5) is 4.39 Å². The first-order valence-electron chi connectivity index (χ1n) is 5.87. The molecule has 2 rings (SSSR count). The standard InChI is InChI=1S/C15H12Br2ClFO/c1-8-5-9(3-4-13(8)19)14(17)11-6-10(18)7-12(16)15(11)20-2/h3-7,14H,1-2H3. The quantitative estimate of drug-likeness (QED) is 0.548. The summed E-state index contributed by atoms with van der Waals surface area (Å²) in [4.78, 5) is -0.133. The van der Waals surface area contributed by atoms with Crippen molar-refractivity contribution in [1.82, 2.24) is 0 Å². The second-order valence-electron chi connectivity index (χ2n) is 4.38. The largest absolute Gasteiger partial charge is 0.495 e. The molecule has 106 valence electrons. The van der Waals surface area contributed by atoms with Crippen LogP contribution in [-0.2, 0) is 0 Å². The number of hydrogen-bond donors (Lipinski definition) is 0. The molecule has 2 aromatic carbocycles. The topological polar surface area (TPSA) is 9.23 Å². The third-order valence-corrected chi connectivity index (χ3v) is 4.82. The van der Waals surface area contributed by atoms with Crippen molar-refractivity contribution < 1.29 is 9.13 Å². The summed E-state index contributed by atoms with van der Waals surface area (Å²) in [7, 11) is 1.60. The monoisotopic (exact) mass is 420 g/mol. The molecule has 0 amide bonds. The van der Waals surface area contributed by atoms with Crippen molar-refractivity contribution in [2.45, 2.75) is 11.8 Å². The summed E-state index contributed by atoms with van der Waals surface area (Å²) in [5.41, 5.74) is 2.43. The third-order valence-electron chi connectivity index (χ3n) is 2.99. The van der Waals surface area contributed by atoms with E-state index < -0.39 is 0 Å². The summed E-state index contributed by atoms with van der Waals surface area (Å²) in [5.74, 6) is 0.492. The van der Waals surface area contributed by atoms with Crippen molar-refractivity contribution in [3.63, 3.8) is 0 Å². The minimum Gasteiger partial charge on any atom is -0.495 e. The fourth-order valence-corrected chi connectivity index (χ4v) is 3.61. The van der Waals surface area contributed by atoms with E-state index in [1.807, 2.05) is 12.1 Å². The van der Waals surface area contributed by atoms with E-state index in [1.165, 1.54) is 6.07 Å². The maximum absolute atomic E-state index is 13.4. The van der Waals surface area contributed by atoms with Crippen LogP contribution in [0.1, 0.15) is 21.5 Å². The first kappa shape index (κ1) is 15.8. The Kier molecular flexibility index (Phi) is 5.10. The number of hydrogen-bond acceptors (Lipinski definition) is 1. The van der Waals surface area contributed by atoms with E-state index in [9.17, 15) is 4.39 Å². The molecule has 0 aliphatic carbocycles. The number of methoxy groups -OCH3 is 1. The van der Waals surface area contributed by atoms with Crippen LogP contribution in [0.25, 0.3) is 0 Å². The molecule has 0 heterocycles. The van der Waals surface area contributed by atoms with E-state index in [0.717, 1.165) is 15.6 Å². The smallest absolute Gasteiger partial charge is 0.137 e. The third kappa shape index (κ3) is 3.18. The van der Waals surface area contributed by atoms with Crippen molar-refractivity contribution >= 4 is 43.5 Å². The van der Waals surface area contributed by atoms with Gasteiger partial charge in [0.1, 0.15) is 11.6 Å². The molecule has 2 aromatic rings. The number of aryl methyl sites for hydroxylation is 1. The molecule has 1 nitrogen and oxygen atoms in total. The molecule has 5 heteroatoms. The van der Waals surface area contributed by atoms with E-state index >= 15 is 0 Å². The van der Waals surface area contributed by atoms with Crippen LogP contribution in [-0.4, -0.2) is 7.11 Å². The zero-order valence-electron chi connectivity index (χ0n) is 10.9. The first-order valence-corrected chi connectivity index (χ1v) is 7.95. The van der Waals surface area contributed by atoms with Crippen LogP contribution in [0.3, 0.4) is 0 Å². The molecular formula is C15H12Br2ClFO. The Morgan fingerprint density at radius 1 is 1.25 bits per heavy atom. The lowest BCUT2D eigenvalue weighted by Crippen LogP contribution is -1.99. The Balaban J connectivity index is 2.52. The Bertz CT molecular complexity index is 646. The van der Waals surface area contributed by atoms with Crippen LogP contribution >= 0.6 is 43.5 Å². The van der Waals surface area contributed by atoms with Crippen molar-refractivity contribution in [3.8, 4) is 5.75 Å². The summed E-state index contributed by atoms with van der Waals surface area (Å²) in [6.07, 6.45) is 0. The first-order chi connectivity index (χ1) is 9.43. The molecule has 0 aliphatic rings. The lowest BCUT2D eigenvalue weighted by atomic mass is 10.0. The molecule has 0 aromatic heterocycles. The number of benzene rings is 2. The van der Waals surface area contributed by atoms with E-state index in [2.05, 4.69) is 31.9 Å². The zero-order valence-corrected chi connectivity index (χ0v) is 14.8. The van der Waals surface area contributed by atoms with Gasteiger partial charge in [0.15, 0.2) is 0 Å². The molecule has 0 saturated heterocycles. The van der Waals surface area contributed by atoms with Gasteiger partial charge in [-0.2, -0.15) is 0 Å². The molecule has 0 N–H and O–H groups in total. The molecule has 0 bridgehead atoms. The van der Waals surface area contributed by atoms with Gasteiger partial charge in [0.2, 0.25) is 0 Å². The van der Waals surface area contributed by atoms with E-state index in [0.29, 0.717) is 16.3 Å². The second kappa shape index (κ2) is 6.46. The fraction of sp³-hybridized carbons (Fsp3) is 0.200. The van der Waals surface area contributed by atoms with Gasteiger partial charge in [0, 0.05) is 10.6 Å².